The first-order chi connectivity index (χ1) is 14.5. The number of carbonyl (C=O) groups is 1. The summed E-state index contributed by atoms with van der Waals surface area (Å²) in [5.41, 5.74) is 3.53. The second-order valence-electron chi connectivity index (χ2n) is 6.94. The molecule has 0 fully saturated rings. The van der Waals surface area contributed by atoms with Gasteiger partial charge in [-0.25, -0.2) is 0 Å². The van der Waals surface area contributed by atoms with E-state index in [0.29, 0.717) is 30.4 Å². The number of anilines is 1. The summed E-state index contributed by atoms with van der Waals surface area (Å²) in [5.74, 6) is 1.11. The number of rotatable bonds is 5. The molecule has 7 heteroatoms. The van der Waals surface area contributed by atoms with E-state index in [4.69, 9.17) is 9.47 Å². The molecule has 0 atom stereocenters. The summed E-state index contributed by atoms with van der Waals surface area (Å²) in [4.78, 5) is 14.6. The molecule has 1 aromatic heterocycles. The van der Waals surface area contributed by atoms with Gasteiger partial charge in [-0.2, -0.15) is 5.10 Å². The van der Waals surface area contributed by atoms with Crippen LogP contribution in [0.5, 0.6) is 11.5 Å². The first-order valence-electron chi connectivity index (χ1n) is 9.67. The van der Waals surface area contributed by atoms with Gasteiger partial charge in [0, 0.05) is 46.3 Å². The quantitative estimate of drug-likeness (QED) is 0.610. The number of hydrogen-bond acceptors (Lipinski definition) is 5. The third kappa shape index (κ3) is 4.36. The summed E-state index contributed by atoms with van der Waals surface area (Å²) in [6, 6.07) is 13.7. The maximum Gasteiger partial charge on any atom is 0.248 e. The zero-order chi connectivity index (χ0) is 21.1. The molecule has 154 valence electrons. The van der Waals surface area contributed by atoms with Crippen molar-refractivity contribution in [2.24, 2.45) is 7.05 Å². The zero-order valence-corrected chi connectivity index (χ0v) is 18.0. The Bertz CT molecular complexity index is 1110. The molecule has 1 aliphatic heterocycles. The number of benzene rings is 2. The molecule has 0 bridgehead atoms. The van der Waals surface area contributed by atoms with E-state index in [1.807, 2.05) is 68.0 Å². The van der Waals surface area contributed by atoms with E-state index in [1.54, 1.807) is 17.8 Å². The number of nitrogens with one attached hydrogen (secondary N) is 1. The van der Waals surface area contributed by atoms with E-state index in [1.165, 1.54) is 6.08 Å². The van der Waals surface area contributed by atoms with Gasteiger partial charge in [0.1, 0.15) is 13.2 Å². The molecule has 2 aromatic carbocycles. The Balaban J connectivity index is 1.60. The van der Waals surface area contributed by atoms with Crippen LogP contribution in [0.1, 0.15) is 17.0 Å². The van der Waals surface area contributed by atoms with Crippen molar-refractivity contribution >= 4 is 29.4 Å². The minimum atomic E-state index is -0.218. The fraction of sp³-hybridized carbons (Fsp3) is 0.217. The summed E-state index contributed by atoms with van der Waals surface area (Å²) in [6.45, 7) is 4.92. The predicted molar refractivity (Wildman–Crippen MR) is 118 cm³/mol. The van der Waals surface area contributed by atoms with Gasteiger partial charge in [0.05, 0.1) is 11.4 Å². The maximum atomic E-state index is 12.7. The van der Waals surface area contributed by atoms with E-state index in [-0.39, 0.29) is 5.91 Å². The average molecular weight is 422 g/mol. The Kier molecular flexibility index (Phi) is 5.81. The highest BCUT2D eigenvalue weighted by Gasteiger charge is 2.18. The minimum Gasteiger partial charge on any atom is -0.486 e. The molecular formula is C23H23N3O3S. The van der Waals surface area contributed by atoms with Crippen molar-refractivity contribution in [2.45, 2.75) is 23.6 Å². The first kappa shape index (κ1) is 20.1. The van der Waals surface area contributed by atoms with E-state index in [0.717, 1.165) is 26.7 Å². The van der Waals surface area contributed by atoms with Crippen LogP contribution >= 0.6 is 11.8 Å². The smallest absolute Gasteiger partial charge is 0.248 e. The Labute approximate surface area is 179 Å². The summed E-state index contributed by atoms with van der Waals surface area (Å²) in [6.07, 6.45) is 3.33. The lowest BCUT2D eigenvalue weighted by atomic mass is 10.2. The van der Waals surface area contributed by atoms with Crippen LogP contribution < -0.4 is 14.8 Å². The van der Waals surface area contributed by atoms with Crippen molar-refractivity contribution < 1.29 is 14.3 Å². The third-order valence-electron chi connectivity index (χ3n) is 4.84. The monoisotopic (exact) mass is 421 g/mol. The van der Waals surface area contributed by atoms with Gasteiger partial charge >= 0.3 is 0 Å². The molecule has 0 radical (unpaired) electrons. The molecule has 2 heterocycles. The number of aromatic nitrogens is 2. The van der Waals surface area contributed by atoms with Gasteiger partial charge in [-0.1, -0.05) is 30.0 Å². The summed E-state index contributed by atoms with van der Waals surface area (Å²) < 4.78 is 13.2. The lowest BCUT2D eigenvalue weighted by Gasteiger charge is -2.21. The van der Waals surface area contributed by atoms with Crippen molar-refractivity contribution in [1.29, 1.82) is 0 Å². The van der Waals surface area contributed by atoms with Crippen LogP contribution in [-0.2, 0) is 11.8 Å². The molecule has 3 aromatic rings. The van der Waals surface area contributed by atoms with E-state index < -0.39 is 0 Å². The van der Waals surface area contributed by atoms with Crippen molar-refractivity contribution in [3.63, 3.8) is 0 Å². The van der Waals surface area contributed by atoms with Crippen LogP contribution in [-0.4, -0.2) is 28.9 Å². The van der Waals surface area contributed by atoms with Gasteiger partial charge in [-0.3, -0.25) is 9.48 Å². The fourth-order valence-electron chi connectivity index (χ4n) is 3.23. The van der Waals surface area contributed by atoms with E-state index >= 15 is 0 Å². The average Bonchev–Trinajstić information content (AvgIpc) is 2.98. The number of aryl methyl sites for hydroxylation is 2. The molecule has 0 aliphatic carbocycles. The number of fused-ring (bicyclic) bond motifs is 1. The van der Waals surface area contributed by atoms with Gasteiger partial charge in [-0.15, -0.1) is 0 Å². The predicted octanol–water partition coefficient (Wildman–Crippen LogP) is 4.61. The molecule has 4 rings (SSSR count). The molecule has 0 spiro atoms. The van der Waals surface area contributed by atoms with Crippen molar-refractivity contribution in [3.05, 3.63) is 65.5 Å². The number of ether oxygens (including phenoxy) is 2. The second kappa shape index (κ2) is 8.67. The normalized spacial score (nSPS) is 12.9. The van der Waals surface area contributed by atoms with Crippen LogP contribution in [0, 0.1) is 13.8 Å². The summed E-state index contributed by atoms with van der Waals surface area (Å²) in [5, 5.41) is 7.37. The fourth-order valence-corrected chi connectivity index (χ4v) is 4.17. The SMILES string of the molecule is Cc1nn(C)c(C)c1/C=C/C(=O)Nc1cc2c(cc1Sc1ccccc1)OCCO2. The summed E-state index contributed by atoms with van der Waals surface area (Å²) >= 11 is 1.56. The lowest BCUT2D eigenvalue weighted by Crippen LogP contribution is -2.16. The van der Waals surface area contributed by atoms with Crippen LogP contribution in [0.2, 0.25) is 0 Å². The first-order valence-corrected chi connectivity index (χ1v) is 10.5. The molecule has 0 saturated carbocycles. The molecule has 6 nitrogen and oxygen atoms in total. The van der Waals surface area contributed by atoms with Crippen LogP contribution in [0.15, 0.2) is 58.3 Å². The Hall–Kier alpha value is -3.19. The highest BCUT2D eigenvalue weighted by atomic mass is 32.2. The largest absolute Gasteiger partial charge is 0.486 e. The maximum absolute atomic E-state index is 12.7. The molecule has 1 N–H and O–H groups in total. The minimum absolute atomic E-state index is 0.218. The van der Waals surface area contributed by atoms with Crippen molar-refractivity contribution in [3.8, 4) is 11.5 Å². The van der Waals surface area contributed by atoms with Crippen molar-refractivity contribution in [1.82, 2.24) is 9.78 Å². The Morgan fingerprint density at radius 2 is 1.83 bits per heavy atom. The lowest BCUT2D eigenvalue weighted by molar-refractivity contribution is -0.111. The van der Waals surface area contributed by atoms with Crippen molar-refractivity contribution in [2.75, 3.05) is 18.5 Å². The van der Waals surface area contributed by atoms with Gasteiger partial charge < -0.3 is 14.8 Å². The van der Waals surface area contributed by atoms with Crippen LogP contribution in [0.25, 0.3) is 6.08 Å². The van der Waals surface area contributed by atoms with E-state index in [2.05, 4.69) is 10.4 Å². The molecular weight excluding hydrogens is 398 g/mol. The van der Waals surface area contributed by atoms with Gasteiger partial charge in [-0.05, 0) is 32.1 Å². The molecule has 0 unspecified atom stereocenters. The van der Waals surface area contributed by atoms with Crippen LogP contribution in [0.4, 0.5) is 5.69 Å². The summed E-state index contributed by atoms with van der Waals surface area (Å²) in [7, 11) is 1.89. The number of hydrogen-bond donors (Lipinski definition) is 1. The zero-order valence-electron chi connectivity index (χ0n) is 17.1. The molecule has 0 saturated heterocycles. The highest BCUT2D eigenvalue weighted by Crippen LogP contribution is 2.42. The number of amides is 1. The third-order valence-corrected chi connectivity index (χ3v) is 5.91. The van der Waals surface area contributed by atoms with Gasteiger partial charge in [0.2, 0.25) is 5.91 Å². The van der Waals surface area contributed by atoms with Crippen LogP contribution in [0.3, 0.4) is 0 Å². The molecule has 30 heavy (non-hydrogen) atoms. The van der Waals surface area contributed by atoms with Gasteiger partial charge in [0.25, 0.3) is 0 Å². The molecule has 1 aliphatic rings. The number of nitrogens with zero attached hydrogens (tertiary/aromatic N) is 2. The topological polar surface area (TPSA) is 65.4 Å². The second-order valence-corrected chi connectivity index (χ2v) is 8.05. The van der Waals surface area contributed by atoms with E-state index in [9.17, 15) is 4.79 Å². The standard InChI is InChI=1S/C23H23N3O3S/c1-15-18(16(2)26(3)25-15)9-10-23(27)24-19-13-20-21(29-12-11-28-20)14-22(19)30-17-7-5-4-6-8-17/h4-10,13-14H,11-12H2,1-3H3,(H,24,27)/b10-9+. The van der Waals surface area contributed by atoms with Gasteiger partial charge in [0.15, 0.2) is 11.5 Å². The Morgan fingerprint density at radius 1 is 1.13 bits per heavy atom. The Morgan fingerprint density at radius 3 is 2.50 bits per heavy atom. The number of carbonyl (C=O) groups excluding carboxylic acids is 1. The highest BCUT2D eigenvalue weighted by molar-refractivity contribution is 7.99. The molecule has 1 amide bonds.